The molecular formula is C27H26ClN3O3. The molecule has 0 bridgehead atoms. The fourth-order valence-corrected chi connectivity index (χ4v) is 6.48. The van der Waals surface area contributed by atoms with Crippen molar-refractivity contribution in [2.24, 2.45) is 5.92 Å². The van der Waals surface area contributed by atoms with Crippen molar-refractivity contribution in [3.63, 3.8) is 0 Å². The molecule has 7 heteroatoms. The molecular weight excluding hydrogens is 450 g/mol. The number of alkyl halides is 1. The van der Waals surface area contributed by atoms with Gasteiger partial charge in [-0.3, -0.25) is 9.69 Å². The van der Waals surface area contributed by atoms with Gasteiger partial charge in [0.25, 0.3) is 5.91 Å². The van der Waals surface area contributed by atoms with Crippen LogP contribution in [0.1, 0.15) is 24.8 Å². The van der Waals surface area contributed by atoms with E-state index in [0.29, 0.717) is 17.2 Å². The highest BCUT2D eigenvalue weighted by atomic mass is 35.5. The molecule has 0 radical (unpaired) electrons. The predicted octanol–water partition coefficient (Wildman–Crippen LogP) is 4.77. The molecule has 0 saturated carbocycles. The summed E-state index contributed by atoms with van der Waals surface area (Å²) in [6.45, 7) is 1.69. The summed E-state index contributed by atoms with van der Waals surface area (Å²) in [5.41, 5.74) is 6.86. The Labute approximate surface area is 203 Å². The smallest absolute Gasteiger partial charge is 0.409 e. The quantitative estimate of drug-likeness (QED) is 0.505. The van der Waals surface area contributed by atoms with Crippen molar-refractivity contribution >= 4 is 29.3 Å². The average Bonchev–Trinajstić information content (AvgIpc) is 3.34. The third-order valence-corrected chi connectivity index (χ3v) is 8.49. The van der Waals surface area contributed by atoms with Crippen LogP contribution in [0.2, 0.25) is 0 Å². The second-order valence-corrected chi connectivity index (χ2v) is 10.1. The molecule has 2 atom stereocenters. The van der Waals surface area contributed by atoms with Crippen LogP contribution in [0.15, 0.2) is 83.1 Å². The first-order valence-electron chi connectivity index (χ1n) is 11.7. The van der Waals surface area contributed by atoms with E-state index in [-0.39, 0.29) is 11.9 Å². The van der Waals surface area contributed by atoms with Crippen LogP contribution >= 0.6 is 11.6 Å². The molecule has 1 N–H and O–H groups in total. The lowest BCUT2D eigenvalue weighted by Gasteiger charge is -2.39. The third-order valence-electron chi connectivity index (χ3n) is 7.87. The van der Waals surface area contributed by atoms with Gasteiger partial charge < -0.3 is 14.9 Å². The minimum Gasteiger partial charge on any atom is -0.465 e. The van der Waals surface area contributed by atoms with Crippen LogP contribution < -0.4 is 4.90 Å². The second-order valence-electron chi connectivity index (χ2n) is 9.51. The van der Waals surface area contributed by atoms with Gasteiger partial charge in [-0.2, -0.15) is 0 Å². The molecule has 5 aliphatic rings. The van der Waals surface area contributed by atoms with Gasteiger partial charge in [-0.15, -0.1) is 0 Å². The number of para-hydroxylation sites is 1. The lowest BCUT2D eigenvalue weighted by atomic mass is 9.82. The van der Waals surface area contributed by atoms with Crippen molar-refractivity contribution in [3.05, 3.63) is 88.7 Å². The van der Waals surface area contributed by atoms with E-state index in [1.165, 1.54) is 29.5 Å². The Morgan fingerprint density at radius 3 is 2.65 bits per heavy atom. The Morgan fingerprint density at radius 2 is 1.88 bits per heavy atom. The van der Waals surface area contributed by atoms with Crippen molar-refractivity contribution in [1.82, 2.24) is 9.80 Å². The fraction of sp³-hybridized carbons (Fsp3) is 0.333. The number of likely N-dealkylation sites (tertiary alicyclic amines) is 1. The average molecular weight is 476 g/mol. The summed E-state index contributed by atoms with van der Waals surface area (Å²) in [6.07, 6.45) is 14.5. The summed E-state index contributed by atoms with van der Waals surface area (Å²) < 4.78 is 0. The van der Waals surface area contributed by atoms with Crippen LogP contribution in [-0.2, 0) is 9.79 Å². The molecule has 2 unspecified atom stereocenters. The van der Waals surface area contributed by atoms with Gasteiger partial charge in [0.05, 0.1) is 5.69 Å². The number of likely N-dealkylation sites (N-methyl/N-ethyl adjacent to an activating group) is 1. The SMILES string of the molecule is CN(C(=O)O)C1(Cl)C(=O)N(C2CCN(C3=C4C=CC=C5C=CC=C(C3)C54)CC2)c2ccccc21. The highest BCUT2D eigenvalue weighted by Crippen LogP contribution is 2.50. The molecule has 2 amide bonds. The van der Waals surface area contributed by atoms with Crippen molar-refractivity contribution in [3.8, 4) is 0 Å². The van der Waals surface area contributed by atoms with E-state index >= 15 is 0 Å². The van der Waals surface area contributed by atoms with Gasteiger partial charge >= 0.3 is 6.09 Å². The van der Waals surface area contributed by atoms with Crippen molar-refractivity contribution in [2.75, 3.05) is 25.0 Å². The minimum absolute atomic E-state index is 0.0276. The van der Waals surface area contributed by atoms with E-state index in [4.69, 9.17) is 11.6 Å². The van der Waals surface area contributed by atoms with E-state index in [1.54, 1.807) is 17.0 Å². The van der Waals surface area contributed by atoms with Gasteiger partial charge in [0.2, 0.25) is 5.00 Å². The molecule has 3 aliphatic carbocycles. The van der Waals surface area contributed by atoms with Gasteiger partial charge in [-0.1, -0.05) is 71.8 Å². The number of anilines is 1. The second kappa shape index (κ2) is 7.64. The number of rotatable bonds is 3. The van der Waals surface area contributed by atoms with Crippen LogP contribution in [0.5, 0.6) is 0 Å². The van der Waals surface area contributed by atoms with Gasteiger partial charge in [0, 0.05) is 49.8 Å². The maximum atomic E-state index is 13.6. The van der Waals surface area contributed by atoms with E-state index in [9.17, 15) is 14.7 Å². The molecule has 1 aromatic carbocycles. The Bertz CT molecular complexity index is 1250. The molecule has 2 aliphatic heterocycles. The molecule has 1 fully saturated rings. The molecule has 1 saturated heterocycles. The number of hydrogen-bond donors (Lipinski definition) is 1. The molecule has 6 nitrogen and oxygen atoms in total. The van der Waals surface area contributed by atoms with Crippen LogP contribution in [0.3, 0.4) is 0 Å². The Balaban J connectivity index is 1.25. The van der Waals surface area contributed by atoms with E-state index < -0.39 is 11.1 Å². The number of halogens is 1. The van der Waals surface area contributed by atoms with Gasteiger partial charge in [-0.25, -0.2) is 4.79 Å². The zero-order valence-corrected chi connectivity index (χ0v) is 19.7. The van der Waals surface area contributed by atoms with Crippen LogP contribution in [0.25, 0.3) is 0 Å². The summed E-state index contributed by atoms with van der Waals surface area (Å²) >= 11 is 6.78. The van der Waals surface area contributed by atoms with E-state index in [0.717, 1.165) is 37.3 Å². The van der Waals surface area contributed by atoms with E-state index in [2.05, 4.69) is 41.4 Å². The molecule has 34 heavy (non-hydrogen) atoms. The monoisotopic (exact) mass is 475 g/mol. The number of piperidine rings is 1. The Kier molecular flexibility index (Phi) is 4.78. The molecule has 1 aromatic rings. The summed E-state index contributed by atoms with van der Waals surface area (Å²) in [4.78, 5) is 28.8. The summed E-state index contributed by atoms with van der Waals surface area (Å²) in [6, 6.07) is 7.25. The number of allylic oxidation sites excluding steroid dienone is 9. The first-order chi connectivity index (χ1) is 16.4. The molecule has 2 heterocycles. The van der Waals surface area contributed by atoms with Gasteiger partial charge in [0.15, 0.2) is 0 Å². The topological polar surface area (TPSA) is 64.1 Å². The Hall–Kier alpha value is -3.25. The number of carbonyl (C=O) groups is 2. The maximum Gasteiger partial charge on any atom is 0.409 e. The molecule has 0 spiro atoms. The van der Waals surface area contributed by atoms with E-state index in [1.807, 2.05) is 12.1 Å². The summed E-state index contributed by atoms with van der Waals surface area (Å²) in [7, 11) is 1.35. The Morgan fingerprint density at radius 1 is 1.15 bits per heavy atom. The highest BCUT2D eigenvalue weighted by molar-refractivity contribution is 6.39. The number of benzene rings is 1. The lowest BCUT2D eigenvalue weighted by Crippen LogP contribution is -2.53. The fourth-order valence-electron chi connectivity index (χ4n) is 6.15. The molecule has 174 valence electrons. The highest BCUT2D eigenvalue weighted by Gasteiger charge is 2.56. The number of carboxylic acid groups (broad SMARTS) is 1. The first-order valence-corrected chi connectivity index (χ1v) is 12.1. The molecule has 6 rings (SSSR count). The summed E-state index contributed by atoms with van der Waals surface area (Å²) in [5, 5.41) is 9.60. The van der Waals surface area contributed by atoms with Crippen molar-refractivity contribution in [1.29, 1.82) is 0 Å². The minimum atomic E-state index is -1.74. The zero-order chi connectivity index (χ0) is 23.6. The largest absolute Gasteiger partial charge is 0.465 e. The maximum absolute atomic E-state index is 13.6. The van der Waals surface area contributed by atoms with Crippen molar-refractivity contribution in [2.45, 2.75) is 30.3 Å². The van der Waals surface area contributed by atoms with Crippen molar-refractivity contribution < 1.29 is 14.7 Å². The number of nitrogens with zero attached hydrogens (tertiary/aromatic N) is 3. The number of amides is 2. The normalized spacial score (nSPS) is 27.6. The number of carbonyl (C=O) groups excluding carboxylic acids is 1. The predicted molar refractivity (Wildman–Crippen MR) is 131 cm³/mol. The zero-order valence-electron chi connectivity index (χ0n) is 18.9. The number of hydrogen-bond acceptors (Lipinski definition) is 3. The van der Waals surface area contributed by atoms with Gasteiger partial charge in [-0.05, 0) is 30.1 Å². The van der Waals surface area contributed by atoms with Crippen LogP contribution in [0, 0.1) is 5.92 Å². The summed E-state index contributed by atoms with van der Waals surface area (Å²) in [5.74, 6) is 0.00651. The third kappa shape index (κ3) is 2.88. The lowest BCUT2D eigenvalue weighted by molar-refractivity contribution is -0.124. The van der Waals surface area contributed by atoms with Gasteiger partial charge in [0.1, 0.15) is 0 Å². The molecule has 0 aromatic heterocycles. The number of fused-ring (bicyclic) bond motifs is 1. The first kappa shape index (κ1) is 21.3. The van der Waals surface area contributed by atoms with Crippen LogP contribution in [0.4, 0.5) is 10.5 Å². The standard InChI is InChI=1S/C27H26ClN3O3/c1-29(26(33)34)27(28)21-10-2-3-11-22(21)31(25(27)32)19-12-14-30(15-13-19)23-16-18-8-4-6-17-7-5-9-20(23)24(17)18/h2-11,19,24H,12-16H2,1H3,(H,33,34). The van der Waals surface area contributed by atoms with Crippen LogP contribution in [-0.4, -0.2) is 53.1 Å².